The van der Waals surface area contributed by atoms with Crippen molar-refractivity contribution in [2.24, 2.45) is 0 Å². The Morgan fingerprint density at radius 3 is 2.26 bits per heavy atom. The van der Waals surface area contributed by atoms with Gasteiger partial charge in [0.25, 0.3) is 10.0 Å². The molecule has 1 N–H and O–H groups in total. The van der Waals surface area contributed by atoms with Crippen LogP contribution in [-0.4, -0.2) is 43.8 Å². The van der Waals surface area contributed by atoms with E-state index < -0.39 is 28.5 Å². The summed E-state index contributed by atoms with van der Waals surface area (Å²) in [5.41, 5.74) is 0.579. The van der Waals surface area contributed by atoms with Crippen molar-refractivity contribution in [2.75, 3.05) is 10.8 Å². The molecule has 0 aromatic heterocycles. The monoisotopic (exact) mass is 669 g/mol. The van der Waals surface area contributed by atoms with Crippen molar-refractivity contribution in [3.63, 3.8) is 0 Å². The number of carbonyl (C=O) groups is 2. The third-order valence-electron chi connectivity index (χ3n) is 7.28. The van der Waals surface area contributed by atoms with E-state index in [9.17, 15) is 18.0 Å². The molecular formula is C30H31Cl4N3O4S. The average Bonchev–Trinajstić information content (AvgIpc) is 2.97. The molecular weight excluding hydrogens is 640 g/mol. The van der Waals surface area contributed by atoms with Crippen LogP contribution in [0.25, 0.3) is 0 Å². The van der Waals surface area contributed by atoms with Crippen molar-refractivity contribution in [1.29, 1.82) is 0 Å². The van der Waals surface area contributed by atoms with E-state index in [-0.39, 0.29) is 39.1 Å². The predicted octanol–water partition coefficient (Wildman–Crippen LogP) is 7.36. The van der Waals surface area contributed by atoms with E-state index in [0.717, 1.165) is 36.4 Å². The number of halogens is 4. The van der Waals surface area contributed by atoms with Crippen LogP contribution in [0, 0.1) is 0 Å². The summed E-state index contributed by atoms with van der Waals surface area (Å²) < 4.78 is 28.7. The lowest BCUT2D eigenvalue weighted by Gasteiger charge is -2.33. The highest BCUT2D eigenvalue weighted by atomic mass is 35.5. The third kappa shape index (κ3) is 7.71. The first-order chi connectivity index (χ1) is 20.0. The Bertz CT molecular complexity index is 1530. The first kappa shape index (κ1) is 32.4. The lowest BCUT2D eigenvalue weighted by atomic mass is 9.95. The van der Waals surface area contributed by atoms with Gasteiger partial charge in [-0.25, -0.2) is 8.42 Å². The van der Waals surface area contributed by atoms with Crippen molar-refractivity contribution in [2.45, 2.75) is 62.6 Å². The normalized spacial score (nSPS) is 14.7. The average molecular weight is 671 g/mol. The number of anilines is 1. The first-order valence-corrected chi connectivity index (χ1v) is 16.5. The second-order valence-electron chi connectivity index (χ2n) is 10.2. The number of rotatable bonds is 10. The van der Waals surface area contributed by atoms with Crippen LogP contribution >= 0.6 is 46.4 Å². The van der Waals surface area contributed by atoms with Gasteiger partial charge in [0.05, 0.1) is 20.6 Å². The summed E-state index contributed by atoms with van der Waals surface area (Å²) in [5.74, 6) is -0.971. The minimum absolute atomic E-state index is 0.0185. The van der Waals surface area contributed by atoms with Crippen LogP contribution in [-0.2, 0) is 26.2 Å². The lowest BCUT2D eigenvalue weighted by Crippen LogP contribution is -2.53. The summed E-state index contributed by atoms with van der Waals surface area (Å²) in [6.45, 7) is 0.905. The van der Waals surface area contributed by atoms with Gasteiger partial charge >= 0.3 is 0 Å². The van der Waals surface area contributed by atoms with Gasteiger partial charge in [-0.15, -0.1) is 0 Å². The maximum atomic E-state index is 14.1. The molecule has 0 radical (unpaired) electrons. The van der Waals surface area contributed by atoms with E-state index in [2.05, 4.69) is 5.32 Å². The molecule has 1 atom stereocenters. The molecule has 1 aliphatic rings. The Hall–Kier alpha value is -2.49. The molecule has 4 rings (SSSR count). The number of carbonyl (C=O) groups excluding carboxylic acids is 2. The fraction of sp³-hybridized carbons (Fsp3) is 0.333. The van der Waals surface area contributed by atoms with Crippen LogP contribution in [0.4, 0.5) is 5.69 Å². The number of hydrogen-bond donors (Lipinski definition) is 1. The van der Waals surface area contributed by atoms with E-state index in [1.165, 1.54) is 29.2 Å². The van der Waals surface area contributed by atoms with Crippen LogP contribution in [0.2, 0.25) is 20.1 Å². The molecule has 3 aromatic carbocycles. The molecule has 0 spiro atoms. The summed E-state index contributed by atoms with van der Waals surface area (Å²) in [4.78, 5) is 28.8. The maximum absolute atomic E-state index is 14.1. The number of benzene rings is 3. The van der Waals surface area contributed by atoms with Crippen LogP contribution < -0.4 is 9.62 Å². The maximum Gasteiger partial charge on any atom is 0.264 e. The van der Waals surface area contributed by atoms with Gasteiger partial charge in [0.15, 0.2) is 0 Å². The summed E-state index contributed by atoms with van der Waals surface area (Å²) in [6.07, 6.45) is 4.90. The van der Waals surface area contributed by atoms with Crippen molar-refractivity contribution >= 4 is 73.9 Å². The van der Waals surface area contributed by atoms with E-state index in [1.54, 1.807) is 49.4 Å². The molecule has 0 bridgehead atoms. The van der Waals surface area contributed by atoms with Gasteiger partial charge < -0.3 is 10.2 Å². The van der Waals surface area contributed by atoms with Gasteiger partial charge in [-0.1, -0.05) is 96.0 Å². The van der Waals surface area contributed by atoms with Gasteiger partial charge in [-0.2, -0.15) is 0 Å². The fourth-order valence-electron chi connectivity index (χ4n) is 4.90. The molecule has 0 unspecified atom stereocenters. The van der Waals surface area contributed by atoms with Gasteiger partial charge in [0, 0.05) is 22.6 Å². The largest absolute Gasteiger partial charge is 0.352 e. The zero-order valence-corrected chi connectivity index (χ0v) is 26.7. The number of sulfonamides is 1. The first-order valence-electron chi connectivity index (χ1n) is 13.5. The molecule has 1 aliphatic carbocycles. The summed E-state index contributed by atoms with van der Waals surface area (Å²) in [7, 11) is -4.28. The van der Waals surface area contributed by atoms with Crippen LogP contribution in [0.1, 0.15) is 44.6 Å². The minimum Gasteiger partial charge on any atom is -0.352 e. The van der Waals surface area contributed by atoms with E-state index in [1.807, 2.05) is 0 Å². The standard InChI is InChI=1S/C30H31Cl4N3O4S/c1-20(30(39)35-23-9-4-2-5-10-23)36(18-21-15-16-22(31)17-26(21)33)28(38)19-37(27-14-8-13-25(32)29(27)34)42(40,41)24-11-6-3-7-12-24/h3,6-8,11-17,20,23H,2,4-5,9-10,18-19H2,1H3,(H,35,39)/t20-/m1/s1. The van der Waals surface area contributed by atoms with Gasteiger partial charge in [0.2, 0.25) is 11.8 Å². The van der Waals surface area contributed by atoms with Crippen LogP contribution in [0.3, 0.4) is 0 Å². The summed E-state index contributed by atoms with van der Waals surface area (Å²) in [5, 5.41) is 3.89. The molecule has 0 saturated heterocycles. The van der Waals surface area contributed by atoms with Crippen molar-refractivity contribution in [3.8, 4) is 0 Å². The Kier molecular flexibility index (Phi) is 11.1. The van der Waals surface area contributed by atoms with E-state index in [0.29, 0.717) is 15.6 Å². The third-order valence-corrected chi connectivity index (χ3v) is 10.5. The smallest absolute Gasteiger partial charge is 0.264 e. The quantitative estimate of drug-likeness (QED) is 0.244. The van der Waals surface area contributed by atoms with Crippen molar-refractivity contribution in [1.82, 2.24) is 10.2 Å². The predicted molar refractivity (Wildman–Crippen MR) is 169 cm³/mol. The Labute approximate surface area is 266 Å². The van der Waals surface area contributed by atoms with E-state index in [4.69, 9.17) is 46.4 Å². The minimum atomic E-state index is -4.28. The van der Waals surface area contributed by atoms with Gasteiger partial charge in [-0.3, -0.25) is 13.9 Å². The molecule has 0 aliphatic heterocycles. The van der Waals surface area contributed by atoms with Crippen molar-refractivity contribution < 1.29 is 18.0 Å². The highest BCUT2D eigenvalue weighted by Gasteiger charge is 2.34. The van der Waals surface area contributed by atoms with Gasteiger partial charge in [-0.05, 0) is 61.7 Å². The second kappa shape index (κ2) is 14.3. The summed E-state index contributed by atoms with van der Waals surface area (Å²) in [6, 6.07) is 16.2. The highest BCUT2D eigenvalue weighted by molar-refractivity contribution is 7.92. The molecule has 1 saturated carbocycles. The SMILES string of the molecule is C[C@H](C(=O)NC1CCCCC1)N(Cc1ccc(Cl)cc1Cl)C(=O)CN(c1cccc(Cl)c1Cl)S(=O)(=O)c1ccccc1. The lowest BCUT2D eigenvalue weighted by molar-refractivity contribution is -0.139. The molecule has 42 heavy (non-hydrogen) atoms. The zero-order chi connectivity index (χ0) is 30.4. The van der Waals surface area contributed by atoms with Crippen molar-refractivity contribution in [3.05, 3.63) is 92.4 Å². The Morgan fingerprint density at radius 2 is 1.60 bits per heavy atom. The zero-order valence-electron chi connectivity index (χ0n) is 22.9. The Morgan fingerprint density at radius 1 is 0.905 bits per heavy atom. The molecule has 0 heterocycles. The Balaban J connectivity index is 1.72. The highest BCUT2D eigenvalue weighted by Crippen LogP contribution is 2.35. The van der Waals surface area contributed by atoms with Crippen LogP contribution in [0.5, 0.6) is 0 Å². The topological polar surface area (TPSA) is 86.8 Å². The molecule has 7 nitrogen and oxygen atoms in total. The van der Waals surface area contributed by atoms with Gasteiger partial charge in [0.1, 0.15) is 12.6 Å². The van der Waals surface area contributed by atoms with Crippen LogP contribution in [0.15, 0.2) is 71.6 Å². The number of amides is 2. The second-order valence-corrected chi connectivity index (χ2v) is 13.7. The molecule has 3 aromatic rings. The molecule has 12 heteroatoms. The molecule has 224 valence electrons. The molecule has 1 fully saturated rings. The fourth-order valence-corrected chi connectivity index (χ4v) is 7.27. The number of hydrogen-bond acceptors (Lipinski definition) is 4. The molecule has 2 amide bonds. The number of nitrogens with zero attached hydrogens (tertiary/aromatic N) is 2. The van der Waals surface area contributed by atoms with E-state index >= 15 is 0 Å². The summed E-state index contributed by atoms with van der Waals surface area (Å²) >= 11 is 25.3. The number of nitrogens with one attached hydrogen (secondary N) is 1.